The van der Waals surface area contributed by atoms with Gasteiger partial charge in [-0.25, -0.2) is 9.78 Å². The highest BCUT2D eigenvalue weighted by molar-refractivity contribution is 7.13. The molecule has 1 saturated heterocycles. The van der Waals surface area contributed by atoms with Gasteiger partial charge < -0.3 is 15.5 Å². The number of thiazole rings is 1. The molecule has 3 rings (SSSR count). The van der Waals surface area contributed by atoms with E-state index in [9.17, 15) is 9.59 Å². The topological polar surface area (TPSA) is 74.3 Å². The monoisotopic (exact) mass is 386 g/mol. The average Bonchev–Trinajstić information content (AvgIpc) is 2.86. The molecule has 1 aliphatic rings. The number of carbonyl (C=O) groups is 2. The molecule has 1 aromatic heterocycles. The molecule has 144 valence electrons. The molecule has 0 radical (unpaired) electrons. The van der Waals surface area contributed by atoms with Gasteiger partial charge in [0.1, 0.15) is 4.88 Å². The zero-order valence-corrected chi connectivity index (χ0v) is 16.7. The Bertz CT molecular complexity index is 793. The number of hydrogen-bond acceptors (Lipinski definition) is 4. The van der Waals surface area contributed by atoms with Crippen LogP contribution in [0.1, 0.15) is 53.0 Å². The summed E-state index contributed by atoms with van der Waals surface area (Å²) in [4.78, 5) is 31.7. The number of aromatic nitrogens is 1. The predicted octanol–water partition coefficient (Wildman–Crippen LogP) is 4.67. The van der Waals surface area contributed by atoms with Crippen LogP contribution >= 0.6 is 11.3 Å². The van der Waals surface area contributed by atoms with Crippen molar-refractivity contribution >= 4 is 34.6 Å². The second kappa shape index (κ2) is 8.99. The van der Waals surface area contributed by atoms with E-state index in [1.54, 1.807) is 12.1 Å². The van der Waals surface area contributed by atoms with E-state index < -0.39 is 0 Å². The molecule has 3 amide bonds. The molecule has 27 heavy (non-hydrogen) atoms. The van der Waals surface area contributed by atoms with Gasteiger partial charge in [-0.15, -0.1) is 11.3 Å². The first-order valence-electron chi connectivity index (χ1n) is 9.50. The second-order valence-corrected chi connectivity index (χ2v) is 7.82. The average molecular weight is 387 g/mol. The van der Waals surface area contributed by atoms with Crippen molar-refractivity contribution in [3.8, 4) is 0 Å². The number of urea groups is 1. The number of aryl methyl sites for hydroxylation is 2. The van der Waals surface area contributed by atoms with Crippen molar-refractivity contribution in [2.24, 2.45) is 0 Å². The molecule has 0 saturated carbocycles. The summed E-state index contributed by atoms with van der Waals surface area (Å²) in [6.07, 6.45) is 5.34. The maximum absolute atomic E-state index is 12.4. The first kappa shape index (κ1) is 19.4. The molecule has 2 aromatic rings. The van der Waals surface area contributed by atoms with Crippen LogP contribution in [0.3, 0.4) is 0 Å². The van der Waals surface area contributed by atoms with Crippen LogP contribution in [0, 0.1) is 6.92 Å². The Kier molecular flexibility index (Phi) is 6.45. The van der Waals surface area contributed by atoms with E-state index in [0.29, 0.717) is 10.6 Å². The lowest BCUT2D eigenvalue weighted by Gasteiger charge is -2.20. The van der Waals surface area contributed by atoms with Crippen molar-refractivity contribution in [3.05, 3.63) is 39.8 Å². The van der Waals surface area contributed by atoms with Crippen molar-refractivity contribution in [3.63, 3.8) is 0 Å². The van der Waals surface area contributed by atoms with E-state index >= 15 is 0 Å². The Balaban J connectivity index is 1.58. The number of benzene rings is 1. The number of nitrogens with zero attached hydrogens (tertiary/aromatic N) is 2. The molecule has 7 heteroatoms. The smallest absolute Gasteiger partial charge is 0.321 e. The number of anilines is 2. The van der Waals surface area contributed by atoms with E-state index in [4.69, 9.17) is 0 Å². The second-order valence-electron chi connectivity index (χ2n) is 6.74. The Morgan fingerprint density at radius 1 is 1.04 bits per heavy atom. The zero-order chi connectivity index (χ0) is 19.2. The molecule has 0 unspecified atom stereocenters. The third kappa shape index (κ3) is 5.07. The summed E-state index contributed by atoms with van der Waals surface area (Å²) in [5.41, 5.74) is 2.18. The molecule has 1 aromatic carbocycles. The quantitative estimate of drug-likeness (QED) is 0.801. The fourth-order valence-electron chi connectivity index (χ4n) is 3.12. The summed E-state index contributed by atoms with van der Waals surface area (Å²) < 4.78 is 0. The Morgan fingerprint density at radius 3 is 2.19 bits per heavy atom. The summed E-state index contributed by atoms with van der Waals surface area (Å²) >= 11 is 1.43. The standard InChI is InChI=1S/C20H26N4O2S/c1-3-17-21-14(2)18(27-17)19(25)22-15-8-10-16(11-9-15)23-20(26)24-12-6-4-5-7-13-24/h8-11H,3-7,12-13H2,1-2H3,(H,22,25)(H,23,26). The van der Waals surface area contributed by atoms with Gasteiger partial charge in [0.05, 0.1) is 10.7 Å². The predicted molar refractivity (Wildman–Crippen MR) is 110 cm³/mol. The molecule has 0 spiro atoms. The van der Waals surface area contributed by atoms with Gasteiger partial charge in [-0.3, -0.25) is 4.79 Å². The lowest BCUT2D eigenvalue weighted by molar-refractivity contribution is 0.102. The van der Waals surface area contributed by atoms with Crippen molar-refractivity contribution in [1.82, 2.24) is 9.88 Å². The fourth-order valence-corrected chi connectivity index (χ4v) is 4.01. The highest BCUT2D eigenvalue weighted by atomic mass is 32.1. The molecule has 6 nitrogen and oxygen atoms in total. The highest BCUT2D eigenvalue weighted by Crippen LogP contribution is 2.21. The van der Waals surface area contributed by atoms with Crippen LogP contribution in [-0.2, 0) is 6.42 Å². The molecule has 0 aliphatic carbocycles. The van der Waals surface area contributed by atoms with Crippen molar-refractivity contribution in [2.75, 3.05) is 23.7 Å². The molecular formula is C20H26N4O2S. The van der Waals surface area contributed by atoms with Crippen LogP contribution in [0.15, 0.2) is 24.3 Å². The molecule has 0 atom stereocenters. The number of amides is 3. The van der Waals surface area contributed by atoms with E-state index in [-0.39, 0.29) is 11.9 Å². The minimum atomic E-state index is -0.147. The Labute approximate surface area is 164 Å². The van der Waals surface area contributed by atoms with Gasteiger partial charge in [0.2, 0.25) is 0 Å². The van der Waals surface area contributed by atoms with Gasteiger partial charge in [0.25, 0.3) is 5.91 Å². The normalized spacial score (nSPS) is 14.5. The van der Waals surface area contributed by atoms with Gasteiger partial charge >= 0.3 is 6.03 Å². The third-order valence-electron chi connectivity index (χ3n) is 4.64. The number of likely N-dealkylation sites (tertiary alicyclic amines) is 1. The lowest BCUT2D eigenvalue weighted by atomic mass is 10.2. The summed E-state index contributed by atoms with van der Waals surface area (Å²) in [5, 5.41) is 6.80. The van der Waals surface area contributed by atoms with E-state index in [1.165, 1.54) is 24.2 Å². The maximum Gasteiger partial charge on any atom is 0.321 e. The van der Waals surface area contributed by atoms with Crippen LogP contribution in [0.25, 0.3) is 0 Å². The van der Waals surface area contributed by atoms with E-state index in [2.05, 4.69) is 15.6 Å². The molecule has 1 aliphatic heterocycles. The van der Waals surface area contributed by atoms with Crippen LogP contribution < -0.4 is 10.6 Å². The van der Waals surface area contributed by atoms with Crippen molar-refractivity contribution in [1.29, 1.82) is 0 Å². The Hall–Kier alpha value is -2.41. The number of carbonyl (C=O) groups excluding carboxylic acids is 2. The first-order valence-corrected chi connectivity index (χ1v) is 10.3. The summed E-state index contributed by atoms with van der Waals surface area (Å²) in [6.45, 7) is 5.51. The van der Waals surface area contributed by atoms with Crippen LogP contribution in [0.5, 0.6) is 0 Å². The van der Waals surface area contributed by atoms with Crippen LogP contribution in [0.2, 0.25) is 0 Å². The molecule has 2 N–H and O–H groups in total. The summed E-state index contributed by atoms with van der Waals surface area (Å²) in [5.74, 6) is -0.147. The molecular weight excluding hydrogens is 360 g/mol. The molecule has 2 heterocycles. The van der Waals surface area contributed by atoms with Gasteiger partial charge in [0.15, 0.2) is 0 Å². The van der Waals surface area contributed by atoms with Gasteiger partial charge in [0, 0.05) is 24.5 Å². The van der Waals surface area contributed by atoms with Gasteiger partial charge in [-0.05, 0) is 50.5 Å². The summed E-state index contributed by atoms with van der Waals surface area (Å²) in [6, 6.07) is 7.16. The number of rotatable bonds is 4. The molecule has 1 fully saturated rings. The number of hydrogen-bond donors (Lipinski definition) is 2. The molecule has 0 bridgehead atoms. The largest absolute Gasteiger partial charge is 0.325 e. The van der Waals surface area contributed by atoms with Gasteiger partial charge in [-0.2, -0.15) is 0 Å². The minimum Gasteiger partial charge on any atom is -0.325 e. The fraction of sp³-hybridized carbons (Fsp3) is 0.450. The third-order valence-corrected chi connectivity index (χ3v) is 5.94. The van der Waals surface area contributed by atoms with E-state index in [1.807, 2.05) is 30.9 Å². The van der Waals surface area contributed by atoms with Crippen molar-refractivity contribution < 1.29 is 9.59 Å². The van der Waals surface area contributed by atoms with E-state index in [0.717, 1.165) is 48.7 Å². The number of nitrogens with one attached hydrogen (secondary N) is 2. The van der Waals surface area contributed by atoms with Crippen LogP contribution in [0.4, 0.5) is 16.2 Å². The zero-order valence-electron chi connectivity index (χ0n) is 15.9. The highest BCUT2D eigenvalue weighted by Gasteiger charge is 2.16. The SMILES string of the molecule is CCc1nc(C)c(C(=O)Nc2ccc(NC(=O)N3CCCCCC3)cc2)s1. The maximum atomic E-state index is 12.4. The van der Waals surface area contributed by atoms with Crippen LogP contribution in [-0.4, -0.2) is 34.9 Å². The minimum absolute atomic E-state index is 0.0546. The van der Waals surface area contributed by atoms with Gasteiger partial charge in [-0.1, -0.05) is 19.8 Å². The summed E-state index contributed by atoms with van der Waals surface area (Å²) in [7, 11) is 0. The lowest BCUT2D eigenvalue weighted by Crippen LogP contribution is -2.35. The Morgan fingerprint density at radius 2 is 1.63 bits per heavy atom. The first-order chi connectivity index (χ1) is 13.1. The van der Waals surface area contributed by atoms with Crippen molar-refractivity contribution in [2.45, 2.75) is 46.0 Å².